The first-order valence-electron chi connectivity index (χ1n) is 14.1. The molecular weight excluding hydrogens is 516 g/mol. The predicted octanol–water partition coefficient (Wildman–Crippen LogP) is 4.19. The molecule has 1 saturated heterocycles. The number of ether oxygens (including phenoxy) is 3. The molecular formula is C31H40O9. The Labute approximate surface area is 234 Å². The van der Waals surface area contributed by atoms with Gasteiger partial charge in [-0.1, -0.05) is 53.2 Å². The Balaban J connectivity index is 1.69. The number of allylic oxidation sites excluding steroid dienone is 1. The molecule has 218 valence electrons. The van der Waals surface area contributed by atoms with Crippen LogP contribution in [-0.4, -0.2) is 48.1 Å². The minimum Gasteiger partial charge on any atom is -0.472 e. The highest BCUT2D eigenvalue weighted by Crippen LogP contribution is 2.68. The highest BCUT2D eigenvalue weighted by atomic mass is 16.6. The summed E-state index contributed by atoms with van der Waals surface area (Å²) in [5.41, 5.74) is -0.878. The predicted molar refractivity (Wildman–Crippen MR) is 141 cm³/mol. The van der Waals surface area contributed by atoms with Gasteiger partial charge in [0.05, 0.1) is 37.9 Å². The largest absolute Gasteiger partial charge is 0.472 e. The van der Waals surface area contributed by atoms with Crippen molar-refractivity contribution in [1.82, 2.24) is 0 Å². The van der Waals surface area contributed by atoms with Crippen LogP contribution in [0.5, 0.6) is 0 Å². The van der Waals surface area contributed by atoms with Crippen molar-refractivity contribution in [3.63, 3.8) is 0 Å². The second kappa shape index (κ2) is 9.57. The van der Waals surface area contributed by atoms with E-state index in [0.29, 0.717) is 12.8 Å². The number of esters is 3. The molecule has 1 aromatic rings. The Hall–Kier alpha value is -2.94. The normalized spacial score (nSPS) is 38.9. The van der Waals surface area contributed by atoms with E-state index in [1.54, 1.807) is 32.4 Å². The van der Waals surface area contributed by atoms with Crippen LogP contribution in [-0.2, 0) is 33.4 Å². The van der Waals surface area contributed by atoms with E-state index < -0.39 is 64.2 Å². The van der Waals surface area contributed by atoms with Crippen LogP contribution in [0.15, 0.2) is 34.7 Å². The molecule has 3 fully saturated rings. The van der Waals surface area contributed by atoms with Crippen LogP contribution in [0.1, 0.15) is 72.5 Å². The molecule has 3 aliphatic carbocycles. The highest BCUT2D eigenvalue weighted by Gasteiger charge is 2.70. The number of ketones is 1. The first kappa shape index (κ1) is 28.6. The molecule has 2 bridgehead atoms. The standard InChI is InChI=1S/C31H40O9/c1-15(2)27(35)40-26-18-12-17-19(31(6,24(18)34)23(29(26,3)4)22(33)28(36)37-7)8-10-30(5)20(17)13-21(32)39-25(30)16-9-11-38-14-16/h9,11-12,14-15,18-20,22-23,25-26,33H,8,10,13H2,1-7H3/t18-,19+,20+,22+,23+,25+,26-,30-,31-/m1/s1. The van der Waals surface area contributed by atoms with Gasteiger partial charge in [0.25, 0.3) is 0 Å². The van der Waals surface area contributed by atoms with Crippen LogP contribution in [0.25, 0.3) is 0 Å². The van der Waals surface area contributed by atoms with Crippen molar-refractivity contribution in [2.24, 2.45) is 45.8 Å². The van der Waals surface area contributed by atoms with Gasteiger partial charge in [0.1, 0.15) is 18.0 Å². The maximum Gasteiger partial charge on any atom is 0.335 e. The Morgan fingerprint density at radius 2 is 1.80 bits per heavy atom. The van der Waals surface area contributed by atoms with Gasteiger partial charge in [-0.15, -0.1) is 0 Å². The number of aliphatic hydroxyl groups excluding tert-OH is 1. The molecule has 0 unspecified atom stereocenters. The summed E-state index contributed by atoms with van der Waals surface area (Å²) in [5.74, 6) is -4.50. The molecule has 4 aliphatic rings. The summed E-state index contributed by atoms with van der Waals surface area (Å²) in [6, 6.07) is 1.80. The fraction of sp³-hybridized carbons (Fsp3) is 0.677. The van der Waals surface area contributed by atoms with E-state index in [1.807, 2.05) is 26.8 Å². The quantitative estimate of drug-likeness (QED) is 0.322. The minimum absolute atomic E-state index is 0.147. The molecule has 1 N–H and O–H groups in total. The second-order valence-corrected chi connectivity index (χ2v) is 13.4. The summed E-state index contributed by atoms with van der Waals surface area (Å²) < 4.78 is 22.2. The first-order chi connectivity index (χ1) is 18.7. The Kier molecular flexibility index (Phi) is 6.84. The van der Waals surface area contributed by atoms with Crippen molar-refractivity contribution in [3.8, 4) is 0 Å². The van der Waals surface area contributed by atoms with E-state index in [1.165, 1.54) is 7.11 Å². The van der Waals surface area contributed by atoms with E-state index in [0.717, 1.165) is 11.1 Å². The summed E-state index contributed by atoms with van der Waals surface area (Å²) in [7, 11) is 1.20. The molecule has 9 atom stereocenters. The zero-order valence-electron chi connectivity index (χ0n) is 24.3. The van der Waals surface area contributed by atoms with Crippen LogP contribution in [0, 0.1) is 45.8 Å². The zero-order chi connectivity index (χ0) is 29.4. The third kappa shape index (κ3) is 3.90. The van der Waals surface area contributed by atoms with Crippen molar-refractivity contribution in [2.75, 3.05) is 7.11 Å². The van der Waals surface area contributed by atoms with Crippen molar-refractivity contribution in [1.29, 1.82) is 0 Å². The number of cyclic esters (lactones) is 1. The third-order valence-electron chi connectivity index (χ3n) is 10.5. The number of carbonyl (C=O) groups is 4. The van der Waals surface area contributed by atoms with Crippen molar-refractivity contribution < 1.29 is 42.9 Å². The highest BCUT2D eigenvalue weighted by molar-refractivity contribution is 5.94. The van der Waals surface area contributed by atoms with Crippen molar-refractivity contribution >= 4 is 23.7 Å². The number of furan rings is 1. The van der Waals surface area contributed by atoms with Crippen molar-refractivity contribution in [2.45, 2.75) is 79.1 Å². The van der Waals surface area contributed by atoms with Crippen LogP contribution >= 0.6 is 0 Å². The summed E-state index contributed by atoms with van der Waals surface area (Å²) >= 11 is 0. The number of hydrogen-bond acceptors (Lipinski definition) is 9. The van der Waals surface area contributed by atoms with E-state index in [-0.39, 0.29) is 30.0 Å². The van der Waals surface area contributed by atoms with E-state index in [4.69, 9.17) is 18.6 Å². The number of fused-ring (bicyclic) bond motifs is 6. The Bertz CT molecular complexity index is 1240. The fourth-order valence-corrected chi connectivity index (χ4v) is 8.62. The number of Topliss-reactive ketones (excluding diaryl/α,β-unsaturated/α-hetero) is 1. The number of methoxy groups -OCH3 is 1. The topological polar surface area (TPSA) is 129 Å². The van der Waals surface area contributed by atoms with Crippen LogP contribution in [0.2, 0.25) is 0 Å². The molecule has 0 spiro atoms. The number of carbonyl (C=O) groups excluding carboxylic acids is 4. The fourth-order valence-electron chi connectivity index (χ4n) is 8.62. The number of aliphatic hydroxyl groups is 1. The monoisotopic (exact) mass is 556 g/mol. The minimum atomic E-state index is -1.61. The summed E-state index contributed by atoms with van der Waals surface area (Å²) in [4.78, 5) is 53.2. The van der Waals surface area contributed by atoms with Gasteiger partial charge < -0.3 is 23.7 Å². The average Bonchev–Trinajstić information content (AvgIpc) is 3.42. The van der Waals surface area contributed by atoms with E-state index in [9.17, 15) is 24.3 Å². The number of hydrogen-bond donors (Lipinski definition) is 1. The van der Waals surface area contributed by atoms with Gasteiger partial charge in [0.2, 0.25) is 0 Å². The lowest BCUT2D eigenvalue weighted by Crippen LogP contribution is -2.69. The van der Waals surface area contributed by atoms with Gasteiger partial charge in [-0.2, -0.15) is 0 Å². The zero-order valence-corrected chi connectivity index (χ0v) is 24.3. The van der Waals surface area contributed by atoms with Crippen LogP contribution < -0.4 is 0 Å². The SMILES string of the molecule is COC(=O)[C@@H](O)[C@H]1C(C)(C)[C@H](OC(=O)C(C)C)[C@@H]2C=C3[C@@H]4CC(=O)O[C@@H](c5ccoc5)[C@]4(C)CC[C@@H]3[C@@]1(C)C2=O. The molecule has 9 nitrogen and oxygen atoms in total. The summed E-state index contributed by atoms with van der Waals surface area (Å²) in [5, 5.41) is 11.4. The lowest BCUT2D eigenvalue weighted by molar-refractivity contribution is -0.211. The van der Waals surface area contributed by atoms with Gasteiger partial charge in [0, 0.05) is 27.7 Å². The van der Waals surface area contributed by atoms with Crippen LogP contribution in [0.4, 0.5) is 0 Å². The average molecular weight is 557 g/mol. The molecule has 40 heavy (non-hydrogen) atoms. The smallest absolute Gasteiger partial charge is 0.335 e. The Morgan fingerprint density at radius 3 is 2.40 bits per heavy atom. The second-order valence-electron chi connectivity index (χ2n) is 13.4. The van der Waals surface area contributed by atoms with Gasteiger partial charge in [-0.25, -0.2) is 4.79 Å². The van der Waals surface area contributed by atoms with Gasteiger partial charge in [0.15, 0.2) is 6.10 Å². The molecule has 1 aromatic heterocycles. The maximum absolute atomic E-state index is 14.4. The summed E-state index contributed by atoms with van der Waals surface area (Å²) in [6.07, 6.45) is 3.43. The van der Waals surface area contributed by atoms with E-state index >= 15 is 0 Å². The lowest BCUT2D eigenvalue weighted by Gasteiger charge is -2.64. The lowest BCUT2D eigenvalue weighted by atomic mass is 9.40. The number of rotatable bonds is 5. The molecule has 5 rings (SSSR count). The van der Waals surface area contributed by atoms with Crippen molar-refractivity contribution in [3.05, 3.63) is 35.8 Å². The van der Waals surface area contributed by atoms with Crippen LogP contribution in [0.3, 0.4) is 0 Å². The van der Waals surface area contributed by atoms with Gasteiger partial charge in [-0.05, 0) is 30.7 Å². The van der Waals surface area contributed by atoms with Gasteiger partial charge >= 0.3 is 17.9 Å². The molecule has 9 heteroatoms. The molecule has 2 heterocycles. The molecule has 0 radical (unpaired) electrons. The molecule has 1 aliphatic heterocycles. The third-order valence-corrected chi connectivity index (χ3v) is 10.5. The first-order valence-corrected chi connectivity index (χ1v) is 14.1. The molecule has 0 amide bonds. The Morgan fingerprint density at radius 1 is 1.10 bits per heavy atom. The van der Waals surface area contributed by atoms with E-state index in [2.05, 4.69) is 6.92 Å². The molecule has 2 saturated carbocycles. The van der Waals surface area contributed by atoms with Gasteiger partial charge in [-0.3, -0.25) is 14.4 Å². The maximum atomic E-state index is 14.4. The summed E-state index contributed by atoms with van der Waals surface area (Å²) in [6.45, 7) is 11.1. The molecule has 0 aromatic carbocycles.